The van der Waals surface area contributed by atoms with Crippen LogP contribution in [0.1, 0.15) is 22.3 Å². The van der Waals surface area contributed by atoms with Crippen LogP contribution < -0.4 is 9.47 Å². The van der Waals surface area contributed by atoms with Gasteiger partial charge in [-0.1, -0.05) is 29.8 Å². The number of methoxy groups -OCH3 is 1. The zero-order chi connectivity index (χ0) is 29.7. The summed E-state index contributed by atoms with van der Waals surface area (Å²) in [6.07, 6.45) is 5.73. The second-order valence-corrected chi connectivity index (χ2v) is 10.8. The van der Waals surface area contributed by atoms with Crippen molar-refractivity contribution in [1.82, 2.24) is 19.3 Å². The van der Waals surface area contributed by atoms with Crippen molar-refractivity contribution in [2.45, 2.75) is 27.7 Å². The molecule has 3 aromatic heterocycles. The Morgan fingerprint density at radius 1 is 0.773 bits per heavy atom. The number of hydrogen-bond donors (Lipinski definition) is 0. The van der Waals surface area contributed by atoms with Crippen LogP contribution in [0.2, 0.25) is 0 Å². The van der Waals surface area contributed by atoms with Crippen molar-refractivity contribution in [2.24, 2.45) is 0 Å². The number of ether oxygens (including phenoxy) is 2. The van der Waals surface area contributed by atoms with Gasteiger partial charge in [-0.3, -0.25) is 4.68 Å². The number of nitrogens with zero attached hydrogens (tertiary/aromatic N) is 4. The van der Waals surface area contributed by atoms with Gasteiger partial charge in [-0.15, -0.1) is 35.7 Å². The van der Waals surface area contributed by atoms with E-state index in [1.165, 1.54) is 27.8 Å². The van der Waals surface area contributed by atoms with Crippen molar-refractivity contribution in [2.75, 3.05) is 7.11 Å². The summed E-state index contributed by atoms with van der Waals surface area (Å²) in [7, 11) is 1.66. The monoisotopic (exact) mass is 757 g/mol. The first-order valence-electron chi connectivity index (χ1n) is 14.2. The van der Waals surface area contributed by atoms with E-state index in [4.69, 9.17) is 9.47 Å². The molecule has 0 aliphatic heterocycles. The summed E-state index contributed by atoms with van der Waals surface area (Å²) in [6, 6.07) is 31.0. The molecule has 4 aromatic carbocycles. The Bertz CT molecular complexity index is 2140. The van der Waals surface area contributed by atoms with E-state index in [9.17, 15) is 0 Å². The maximum atomic E-state index is 6.33. The van der Waals surface area contributed by atoms with Gasteiger partial charge in [0, 0.05) is 41.0 Å². The average molecular weight is 758 g/mol. The molecule has 0 aliphatic carbocycles. The quantitative estimate of drug-likeness (QED) is 0.160. The maximum absolute atomic E-state index is 6.33. The molecule has 0 N–H and O–H groups in total. The van der Waals surface area contributed by atoms with E-state index >= 15 is 0 Å². The number of fused-ring (bicyclic) bond motifs is 3. The molecule has 0 spiro atoms. The van der Waals surface area contributed by atoms with Crippen LogP contribution in [0.4, 0.5) is 0 Å². The Balaban J connectivity index is 0.00000343. The number of hydrogen-bond acceptors (Lipinski definition) is 4. The first-order valence-corrected chi connectivity index (χ1v) is 14.2. The number of rotatable bonds is 6. The van der Waals surface area contributed by atoms with E-state index in [2.05, 4.69) is 84.9 Å². The number of benzene rings is 4. The molecule has 0 atom stereocenters. The molecule has 7 rings (SSSR count). The number of pyridine rings is 1. The summed E-state index contributed by atoms with van der Waals surface area (Å²) in [4.78, 5) is 4.64. The van der Waals surface area contributed by atoms with Gasteiger partial charge in [-0.25, -0.2) is 4.98 Å². The Hall–Kier alpha value is -4.67. The molecule has 0 fully saturated rings. The van der Waals surface area contributed by atoms with Gasteiger partial charge < -0.3 is 14.0 Å². The van der Waals surface area contributed by atoms with Crippen LogP contribution in [0.25, 0.3) is 44.4 Å². The molecule has 44 heavy (non-hydrogen) atoms. The van der Waals surface area contributed by atoms with Crippen LogP contribution in [0.3, 0.4) is 0 Å². The summed E-state index contributed by atoms with van der Waals surface area (Å²) in [5, 5.41) is 6.85. The molecule has 0 saturated heterocycles. The zero-order valence-electron chi connectivity index (χ0n) is 25.1. The molecule has 0 amide bonds. The van der Waals surface area contributed by atoms with E-state index in [1.807, 2.05) is 59.4 Å². The van der Waals surface area contributed by atoms with Gasteiger partial charge in [-0.05, 0) is 78.7 Å². The van der Waals surface area contributed by atoms with Crippen molar-refractivity contribution in [3.63, 3.8) is 0 Å². The Kier molecular flexibility index (Phi) is 7.87. The summed E-state index contributed by atoms with van der Waals surface area (Å²) in [5.41, 5.74) is 10.1. The van der Waals surface area contributed by atoms with Gasteiger partial charge in [0.2, 0.25) is 0 Å². The summed E-state index contributed by atoms with van der Waals surface area (Å²) >= 11 is 0. The van der Waals surface area contributed by atoms with Crippen molar-refractivity contribution < 1.29 is 30.5 Å². The number of para-hydroxylation sites is 1. The second kappa shape index (κ2) is 11.8. The molecule has 0 unspecified atom stereocenters. The SMILES string of the molecule is COc1ccnc(-n2c3[c-]c(Oc4[c-]c(-n5cc(-c6c(C)c(C)cc(C)c6C)cn5)ccc4)ccc3c3ccccc32)c1.[Pt+2]. The first-order chi connectivity index (χ1) is 20.9. The van der Waals surface area contributed by atoms with Crippen LogP contribution >= 0.6 is 0 Å². The normalized spacial score (nSPS) is 11.1. The van der Waals surface area contributed by atoms with E-state index in [0.717, 1.165) is 44.6 Å². The van der Waals surface area contributed by atoms with Gasteiger partial charge >= 0.3 is 21.1 Å². The molecule has 3 heterocycles. The van der Waals surface area contributed by atoms with E-state index in [-0.39, 0.29) is 21.1 Å². The minimum absolute atomic E-state index is 0. The van der Waals surface area contributed by atoms with Crippen LogP contribution in [0.5, 0.6) is 17.2 Å². The van der Waals surface area contributed by atoms with E-state index in [0.29, 0.717) is 11.5 Å². The van der Waals surface area contributed by atoms with Gasteiger partial charge in [0.05, 0.1) is 13.3 Å². The topological polar surface area (TPSA) is 54.1 Å². The molecular formula is C37H30N4O2Pt. The van der Waals surface area contributed by atoms with Gasteiger partial charge in [0.1, 0.15) is 11.6 Å². The van der Waals surface area contributed by atoms with Crippen molar-refractivity contribution in [3.8, 4) is 39.9 Å². The van der Waals surface area contributed by atoms with Gasteiger partial charge in [0.25, 0.3) is 0 Å². The maximum Gasteiger partial charge on any atom is 2.00 e. The predicted molar refractivity (Wildman–Crippen MR) is 171 cm³/mol. The summed E-state index contributed by atoms with van der Waals surface area (Å²) < 4.78 is 15.7. The molecule has 6 nitrogen and oxygen atoms in total. The third-order valence-electron chi connectivity index (χ3n) is 8.20. The minimum atomic E-state index is 0. The third kappa shape index (κ3) is 5.10. The van der Waals surface area contributed by atoms with Crippen LogP contribution in [-0.2, 0) is 21.1 Å². The molecule has 0 radical (unpaired) electrons. The van der Waals surface area contributed by atoms with Crippen molar-refractivity contribution in [3.05, 3.63) is 126 Å². The summed E-state index contributed by atoms with van der Waals surface area (Å²) in [5.74, 6) is 2.64. The fourth-order valence-corrected chi connectivity index (χ4v) is 5.80. The van der Waals surface area contributed by atoms with Crippen LogP contribution in [-0.4, -0.2) is 26.4 Å². The van der Waals surface area contributed by atoms with Gasteiger partial charge in [0.15, 0.2) is 0 Å². The molecule has 0 bridgehead atoms. The van der Waals surface area contributed by atoms with Crippen LogP contribution in [0.15, 0.2) is 91.4 Å². The van der Waals surface area contributed by atoms with Gasteiger partial charge in [-0.2, -0.15) is 17.2 Å². The molecule has 7 heteroatoms. The predicted octanol–water partition coefficient (Wildman–Crippen LogP) is 8.66. The fraction of sp³-hybridized carbons (Fsp3) is 0.135. The van der Waals surface area contributed by atoms with Crippen molar-refractivity contribution in [1.29, 1.82) is 0 Å². The minimum Gasteiger partial charge on any atom is -0.509 e. The van der Waals surface area contributed by atoms with E-state index in [1.54, 1.807) is 13.3 Å². The average Bonchev–Trinajstić information content (AvgIpc) is 3.63. The Morgan fingerprint density at radius 2 is 1.55 bits per heavy atom. The van der Waals surface area contributed by atoms with Crippen LogP contribution in [0, 0.1) is 39.8 Å². The zero-order valence-corrected chi connectivity index (χ0v) is 27.4. The smallest absolute Gasteiger partial charge is 0.509 e. The Morgan fingerprint density at radius 3 is 2.34 bits per heavy atom. The molecule has 0 saturated carbocycles. The van der Waals surface area contributed by atoms with E-state index < -0.39 is 0 Å². The number of aryl methyl sites for hydroxylation is 2. The third-order valence-corrected chi connectivity index (χ3v) is 8.20. The standard InChI is InChI=1S/C37H30N4O2.Pt/c1-23-17-24(2)26(4)37(25(23)3)27-21-39-40(22-27)28-9-8-10-30(18-28)43-31-13-14-33-32-11-6-7-12-34(32)41(35(33)19-31)36-20-29(42-5)15-16-38-36;/h6-17,20-22H,1-5H3;/q-2;+2. The fourth-order valence-electron chi connectivity index (χ4n) is 5.80. The molecule has 220 valence electrons. The molecular weight excluding hydrogens is 728 g/mol. The second-order valence-electron chi connectivity index (χ2n) is 10.8. The van der Waals surface area contributed by atoms with Crippen molar-refractivity contribution >= 4 is 21.8 Å². The summed E-state index contributed by atoms with van der Waals surface area (Å²) in [6.45, 7) is 8.66. The Labute approximate surface area is 271 Å². The largest absolute Gasteiger partial charge is 2.00 e. The number of aromatic nitrogens is 4. The first kappa shape index (κ1) is 29.4. The molecule has 0 aliphatic rings. The molecule has 7 aromatic rings.